The number of nitrogens with one attached hydrogen (secondary N) is 1. The molecule has 0 aliphatic rings. The van der Waals surface area contributed by atoms with E-state index in [1.165, 1.54) is 0 Å². The van der Waals surface area contributed by atoms with Crippen LogP contribution in [0.3, 0.4) is 0 Å². The fourth-order valence-corrected chi connectivity index (χ4v) is 2.40. The lowest BCUT2D eigenvalue weighted by atomic mass is 9.62. The first kappa shape index (κ1) is 22.8. The number of carboxylic acids is 1. The molecule has 0 fully saturated rings. The summed E-state index contributed by atoms with van der Waals surface area (Å²) in [5.41, 5.74) is -4.31. The lowest BCUT2D eigenvalue weighted by molar-refractivity contribution is -0.138. The first-order chi connectivity index (χ1) is 13.2. The fraction of sp³-hybridized carbons (Fsp3) is 0.0714. The third-order valence-corrected chi connectivity index (χ3v) is 3.97. The summed E-state index contributed by atoms with van der Waals surface area (Å²) in [7, 11) is 44.7. The zero-order chi connectivity index (χ0) is 22.4. The van der Waals surface area contributed by atoms with E-state index in [-0.39, 0.29) is 22.1 Å². The topological polar surface area (TPSA) is 99.5 Å². The Balaban J connectivity index is 2.72. The standard InChI is InChI=1S/C14H3B8FN2O4/c15-3-1(4(16)8(23)7(19)6(3)18)2-5(17)10(26)9(24-11(2)20)12(27)25-14(21,22)13(28)29/h26H,(H,25,27)(H,28,29). The van der Waals surface area contributed by atoms with E-state index in [1.807, 2.05) is 0 Å². The number of aromatic nitrogens is 1. The molecule has 1 amide bonds. The molecule has 6 nitrogen and oxygen atoms in total. The highest BCUT2D eigenvalue weighted by Gasteiger charge is 2.30. The van der Waals surface area contributed by atoms with Gasteiger partial charge in [0.15, 0.2) is 5.69 Å². The van der Waals surface area contributed by atoms with E-state index in [4.69, 9.17) is 67.9 Å². The monoisotopic (exact) mass is 370 g/mol. The number of amides is 1. The van der Waals surface area contributed by atoms with Gasteiger partial charge in [-0.15, -0.1) is 5.46 Å². The molecule has 0 unspecified atom stereocenters. The number of aliphatic carboxylic acids is 1. The summed E-state index contributed by atoms with van der Waals surface area (Å²) < 4.78 is 14.3. The van der Waals surface area contributed by atoms with Crippen LogP contribution in [0, 0.1) is 5.82 Å². The molecule has 0 bridgehead atoms. The number of benzene rings is 1. The first-order valence-corrected chi connectivity index (χ1v) is 7.55. The van der Waals surface area contributed by atoms with Gasteiger partial charge in [-0.3, -0.25) is 14.6 Å². The second-order valence-electron chi connectivity index (χ2n) is 5.95. The Kier molecular flexibility index (Phi) is 6.12. The molecular formula is C14H3B8FN2O4. The van der Waals surface area contributed by atoms with Crippen molar-refractivity contribution in [2.24, 2.45) is 0 Å². The van der Waals surface area contributed by atoms with Crippen LogP contribution >= 0.6 is 0 Å². The van der Waals surface area contributed by atoms with E-state index in [2.05, 4.69) is 4.98 Å². The van der Waals surface area contributed by atoms with Crippen molar-refractivity contribution in [2.75, 3.05) is 0 Å². The second kappa shape index (κ2) is 7.76. The Labute approximate surface area is 176 Å². The lowest BCUT2D eigenvalue weighted by Gasteiger charge is -2.25. The molecular weight excluding hydrogens is 366 g/mol. The van der Waals surface area contributed by atoms with Gasteiger partial charge in [-0.25, -0.2) is 4.39 Å². The Hall–Kier alpha value is -2.44. The highest BCUT2D eigenvalue weighted by atomic mass is 19.1. The minimum absolute atomic E-state index is 0.299. The maximum absolute atomic E-state index is 14.3. The molecule has 124 valence electrons. The molecule has 0 atom stereocenters. The molecule has 16 radical (unpaired) electrons. The van der Waals surface area contributed by atoms with Gasteiger partial charge in [-0.05, 0) is 22.2 Å². The van der Waals surface area contributed by atoms with Gasteiger partial charge in [0, 0.05) is 0 Å². The summed E-state index contributed by atoms with van der Waals surface area (Å²) in [5, 5.41) is 18.2. The lowest BCUT2D eigenvalue weighted by Crippen LogP contribution is -2.56. The number of rotatable bonds is 4. The number of nitrogens with zero attached hydrogens (tertiary/aromatic N) is 1. The molecule has 1 aromatic carbocycles. The Bertz CT molecular complexity index is 1030. The van der Waals surface area contributed by atoms with Crippen LogP contribution in [-0.4, -0.2) is 95.2 Å². The molecule has 1 aromatic heterocycles. The molecule has 1 heterocycles. The highest BCUT2D eigenvalue weighted by Crippen LogP contribution is 2.18. The number of carboxylic acid groups (broad SMARTS) is 1. The normalized spacial score (nSPS) is 11.2. The molecule has 0 saturated heterocycles. The smallest absolute Gasteiger partial charge is 0.310 e. The van der Waals surface area contributed by atoms with E-state index < -0.39 is 56.5 Å². The zero-order valence-electron chi connectivity index (χ0n) is 14.7. The fourth-order valence-electron chi connectivity index (χ4n) is 2.40. The summed E-state index contributed by atoms with van der Waals surface area (Å²) >= 11 is 0. The van der Waals surface area contributed by atoms with Gasteiger partial charge in [0.2, 0.25) is 0 Å². The molecule has 0 saturated carbocycles. The SMILES string of the molecule is [B]c1nc(C(=O)NC([B])([B])C(=O)O)c(O)c([B])c1-c1c([B])c([B])c([B])c(F)c1[B]. The summed E-state index contributed by atoms with van der Waals surface area (Å²) in [5.74, 6) is -5.16. The molecule has 15 heteroatoms. The van der Waals surface area contributed by atoms with Crippen LogP contribution in [0.5, 0.6) is 5.75 Å². The quantitative estimate of drug-likeness (QED) is 0.466. The molecule has 2 aromatic rings. The molecule has 0 spiro atoms. The number of hydrogen-bond acceptors (Lipinski definition) is 4. The summed E-state index contributed by atoms with van der Waals surface area (Å²) in [6, 6.07) is 0. The average molecular weight is 369 g/mol. The predicted molar refractivity (Wildman–Crippen MR) is 113 cm³/mol. The van der Waals surface area contributed by atoms with E-state index in [0.717, 1.165) is 0 Å². The van der Waals surface area contributed by atoms with Gasteiger partial charge in [0.1, 0.15) is 74.3 Å². The van der Waals surface area contributed by atoms with Crippen LogP contribution in [0.2, 0.25) is 0 Å². The van der Waals surface area contributed by atoms with Crippen molar-refractivity contribution in [1.82, 2.24) is 10.3 Å². The van der Waals surface area contributed by atoms with Crippen molar-refractivity contribution < 1.29 is 24.2 Å². The van der Waals surface area contributed by atoms with Crippen LogP contribution in [0.15, 0.2) is 0 Å². The summed E-state index contributed by atoms with van der Waals surface area (Å²) in [4.78, 5) is 26.8. The maximum Gasteiger partial charge on any atom is 0.310 e. The van der Waals surface area contributed by atoms with Gasteiger partial charge in [-0.2, -0.15) is 0 Å². The number of carbonyl (C=O) groups is 2. The molecule has 0 aliphatic carbocycles. The van der Waals surface area contributed by atoms with E-state index in [1.54, 1.807) is 5.32 Å². The first-order valence-electron chi connectivity index (χ1n) is 7.55. The van der Waals surface area contributed by atoms with Crippen LogP contribution in [0.25, 0.3) is 11.1 Å². The largest absolute Gasteiger partial charge is 0.506 e. The number of carbonyl (C=O) groups excluding carboxylic acids is 1. The van der Waals surface area contributed by atoms with Gasteiger partial charge < -0.3 is 15.5 Å². The van der Waals surface area contributed by atoms with Gasteiger partial charge >= 0.3 is 5.97 Å². The molecule has 2 rings (SSSR count). The third-order valence-electron chi connectivity index (χ3n) is 3.97. The van der Waals surface area contributed by atoms with Crippen molar-refractivity contribution in [1.29, 1.82) is 0 Å². The average Bonchev–Trinajstić information content (AvgIpc) is 2.63. The molecule has 3 N–H and O–H groups in total. The minimum atomic E-state index is -2.68. The third kappa shape index (κ3) is 3.87. The van der Waals surface area contributed by atoms with Gasteiger partial charge in [0.25, 0.3) is 5.91 Å². The van der Waals surface area contributed by atoms with E-state index >= 15 is 0 Å². The molecule has 29 heavy (non-hydrogen) atoms. The number of hydrogen-bond donors (Lipinski definition) is 3. The van der Waals surface area contributed by atoms with Gasteiger partial charge in [0.05, 0.1) is 5.34 Å². The van der Waals surface area contributed by atoms with E-state index in [0.29, 0.717) is 0 Å². The van der Waals surface area contributed by atoms with Crippen molar-refractivity contribution in [3.8, 4) is 16.9 Å². The summed E-state index contributed by atoms with van der Waals surface area (Å²) in [6.45, 7) is 0. The van der Waals surface area contributed by atoms with Crippen molar-refractivity contribution in [3.63, 3.8) is 0 Å². The number of aromatic hydroxyl groups is 1. The Morgan fingerprint density at radius 2 is 1.45 bits per heavy atom. The van der Waals surface area contributed by atoms with Gasteiger partial charge in [-0.1, -0.05) is 16.4 Å². The highest BCUT2D eigenvalue weighted by molar-refractivity contribution is 6.62. The summed E-state index contributed by atoms with van der Waals surface area (Å²) in [6.07, 6.45) is 0. The van der Waals surface area contributed by atoms with Crippen LogP contribution in [0.4, 0.5) is 4.39 Å². The maximum atomic E-state index is 14.3. The van der Waals surface area contributed by atoms with Crippen LogP contribution < -0.4 is 38.2 Å². The number of pyridine rings is 1. The Morgan fingerprint density at radius 3 is 1.97 bits per heavy atom. The second-order valence-corrected chi connectivity index (χ2v) is 5.95. The minimum Gasteiger partial charge on any atom is -0.506 e. The van der Waals surface area contributed by atoms with Crippen LogP contribution in [-0.2, 0) is 4.79 Å². The predicted octanol–water partition coefficient (Wildman–Crippen LogP) is -6.84. The molecule has 0 aliphatic heterocycles. The Morgan fingerprint density at radius 1 is 0.897 bits per heavy atom. The van der Waals surface area contributed by atoms with Crippen LogP contribution in [0.1, 0.15) is 10.5 Å². The zero-order valence-corrected chi connectivity index (χ0v) is 14.7. The van der Waals surface area contributed by atoms with Crippen molar-refractivity contribution in [2.45, 2.75) is 5.34 Å². The van der Waals surface area contributed by atoms with Crippen molar-refractivity contribution >= 4 is 108 Å². The van der Waals surface area contributed by atoms with E-state index in [9.17, 15) is 19.1 Å². The van der Waals surface area contributed by atoms with Crippen molar-refractivity contribution in [3.05, 3.63) is 11.5 Å². The number of halogens is 1.